The topological polar surface area (TPSA) is 97.1 Å². The summed E-state index contributed by atoms with van der Waals surface area (Å²) in [7, 11) is 0. The van der Waals surface area contributed by atoms with Crippen LogP contribution in [0.4, 0.5) is 0 Å². The van der Waals surface area contributed by atoms with Crippen molar-refractivity contribution in [3.63, 3.8) is 0 Å². The molecule has 0 aliphatic rings. The maximum Gasteiger partial charge on any atom is 0.325 e. The number of amides is 1. The summed E-state index contributed by atoms with van der Waals surface area (Å²) in [5.41, 5.74) is 1.60. The average Bonchev–Trinajstić information content (AvgIpc) is 2.91. The highest BCUT2D eigenvalue weighted by Crippen LogP contribution is 2.17. The van der Waals surface area contributed by atoms with Gasteiger partial charge in [0.15, 0.2) is 0 Å². The van der Waals surface area contributed by atoms with Gasteiger partial charge in [-0.05, 0) is 18.1 Å². The standard InChI is InChI=1S/C14H15BrN4O3/c15-12-4-2-1-3-10(12)5-6-13(20)16-7-11-8-19(18-17-11)9-14(21)22/h1-4,8H,5-7,9H2,(H,16,20)(H,21,22). The Labute approximate surface area is 135 Å². The molecule has 22 heavy (non-hydrogen) atoms. The third kappa shape index (κ3) is 4.96. The molecule has 2 aromatic rings. The average molecular weight is 367 g/mol. The van der Waals surface area contributed by atoms with Gasteiger partial charge in [0.25, 0.3) is 0 Å². The lowest BCUT2D eigenvalue weighted by atomic mass is 10.1. The summed E-state index contributed by atoms with van der Waals surface area (Å²) in [4.78, 5) is 22.3. The Hall–Kier alpha value is -2.22. The van der Waals surface area contributed by atoms with Gasteiger partial charge in [0.05, 0.1) is 12.7 Å². The zero-order chi connectivity index (χ0) is 15.9. The summed E-state index contributed by atoms with van der Waals surface area (Å²) in [5, 5.41) is 18.8. The molecule has 0 radical (unpaired) electrons. The number of aliphatic carboxylic acids is 1. The van der Waals surface area contributed by atoms with Crippen LogP contribution in [0, 0.1) is 0 Å². The van der Waals surface area contributed by atoms with Crippen LogP contribution in [0.25, 0.3) is 0 Å². The largest absolute Gasteiger partial charge is 0.480 e. The molecule has 2 N–H and O–H groups in total. The molecule has 1 amide bonds. The summed E-state index contributed by atoms with van der Waals surface area (Å²) >= 11 is 3.44. The fraction of sp³-hybridized carbons (Fsp3) is 0.286. The van der Waals surface area contributed by atoms with Gasteiger partial charge in [0.2, 0.25) is 5.91 Å². The Balaban J connectivity index is 1.77. The SMILES string of the molecule is O=C(O)Cn1cc(CNC(=O)CCc2ccccc2Br)nn1. The number of nitrogens with one attached hydrogen (secondary N) is 1. The summed E-state index contributed by atoms with van der Waals surface area (Å²) in [6.45, 7) is -0.0165. The molecule has 0 aliphatic heterocycles. The third-order valence-electron chi connectivity index (χ3n) is 2.93. The van der Waals surface area contributed by atoms with E-state index < -0.39 is 5.97 Å². The van der Waals surface area contributed by atoms with Gasteiger partial charge in [-0.25, -0.2) is 4.68 Å². The van der Waals surface area contributed by atoms with E-state index in [0.717, 1.165) is 10.0 Å². The minimum Gasteiger partial charge on any atom is -0.480 e. The van der Waals surface area contributed by atoms with Crippen molar-refractivity contribution in [2.75, 3.05) is 0 Å². The maximum absolute atomic E-state index is 11.8. The van der Waals surface area contributed by atoms with E-state index in [1.165, 1.54) is 10.9 Å². The van der Waals surface area contributed by atoms with Crippen LogP contribution in [0.15, 0.2) is 34.9 Å². The minimum absolute atomic E-state index is 0.0939. The van der Waals surface area contributed by atoms with Crippen molar-refractivity contribution in [1.29, 1.82) is 0 Å². The lowest BCUT2D eigenvalue weighted by molar-refractivity contribution is -0.138. The van der Waals surface area contributed by atoms with Crippen molar-refractivity contribution in [2.45, 2.75) is 25.9 Å². The third-order valence-corrected chi connectivity index (χ3v) is 3.70. The molecular formula is C14H15BrN4O3. The van der Waals surface area contributed by atoms with Crippen LogP contribution in [-0.2, 0) is 29.1 Å². The highest BCUT2D eigenvalue weighted by molar-refractivity contribution is 9.10. The molecular weight excluding hydrogens is 352 g/mol. The van der Waals surface area contributed by atoms with E-state index in [9.17, 15) is 9.59 Å². The fourth-order valence-corrected chi connectivity index (χ4v) is 2.35. The Morgan fingerprint density at radius 3 is 2.82 bits per heavy atom. The van der Waals surface area contributed by atoms with Gasteiger partial charge in [0, 0.05) is 10.9 Å². The Morgan fingerprint density at radius 2 is 2.09 bits per heavy atom. The van der Waals surface area contributed by atoms with E-state index in [4.69, 9.17) is 5.11 Å². The zero-order valence-electron chi connectivity index (χ0n) is 11.7. The smallest absolute Gasteiger partial charge is 0.325 e. The summed E-state index contributed by atoms with van der Waals surface area (Å²) in [6, 6.07) is 7.76. The molecule has 1 aromatic carbocycles. The van der Waals surface area contributed by atoms with Crippen molar-refractivity contribution in [3.8, 4) is 0 Å². The number of benzene rings is 1. The van der Waals surface area contributed by atoms with Crippen molar-refractivity contribution in [3.05, 3.63) is 46.2 Å². The molecule has 2 rings (SSSR count). The highest BCUT2D eigenvalue weighted by Gasteiger charge is 2.07. The number of halogens is 1. The maximum atomic E-state index is 11.8. The summed E-state index contributed by atoms with van der Waals surface area (Å²) in [5.74, 6) is -1.09. The van der Waals surface area contributed by atoms with E-state index in [-0.39, 0.29) is 19.0 Å². The number of aromatic nitrogens is 3. The van der Waals surface area contributed by atoms with Gasteiger partial charge < -0.3 is 10.4 Å². The summed E-state index contributed by atoms with van der Waals surface area (Å²) < 4.78 is 2.20. The molecule has 0 spiro atoms. The number of rotatable bonds is 7. The molecule has 7 nitrogen and oxygen atoms in total. The molecule has 0 unspecified atom stereocenters. The van der Waals surface area contributed by atoms with E-state index in [0.29, 0.717) is 18.5 Å². The predicted molar refractivity (Wildman–Crippen MR) is 82.0 cm³/mol. The first-order valence-corrected chi connectivity index (χ1v) is 7.45. The van der Waals surface area contributed by atoms with Gasteiger partial charge in [-0.1, -0.05) is 39.3 Å². The second kappa shape index (κ2) is 7.69. The van der Waals surface area contributed by atoms with Crippen LogP contribution in [0.1, 0.15) is 17.7 Å². The number of carbonyl (C=O) groups excluding carboxylic acids is 1. The van der Waals surface area contributed by atoms with Gasteiger partial charge in [-0.3, -0.25) is 9.59 Å². The normalized spacial score (nSPS) is 10.4. The van der Waals surface area contributed by atoms with Crippen LogP contribution in [0.3, 0.4) is 0 Å². The van der Waals surface area contributed by atoms with E-state index in [1.54, 1.807) is 0 Å². The molecule has 116 valence electrons. The van der Waals surface area contributed by atoms with E-state index in [2.05, 4.69) is 31.6 Å². The van der Waals surface area contributed by atoms with Gasteiger partial charge in [0.1, 0.15) is 12.2 Å². The van der Waals surface area contributed by atoms with Crippen LogP contribution in [0.2, 0.25) is 0 Å². The molecule has 0 saturated heterocycles. The van der Waals surface area contributed by atoms with Crippen LogP contribution in [0.5, 0.6) is 0 Å². The Kier molecular flexibility index (Phi) is 5.65. The summed E-state index contributed by atoms with van der Waals surface area (Å²) in [6.07, 6.45) is 2.51. The van der Waals surface area contributed by atoms with Crippen molar-refractivity contribution < 1.29 is 14.7 Å². The quantitative estimate of drug-likeness (QED) is 0.771. The molecule has 1 aromatic heterocycles. The second-order valence-corrected chi connectivity index (χ2v) is 5.52. The molecule has 0 atom stereocenters. The molecule has 0 aliphatic carbocycles. The Bertz CT molecular complexity index is 672. The Morgan fingerprint density at radius 1 is 1.32 bits per heavy atom. The van der Waals surface area contributed by atoms with Crippen LogP contribution >= 0.6 is 15.9 Å². The molecule has 0 fully saturated rings. The fourth-order valence-electron chi connectivity index (χ4n) is 1.86. The zero-order valence-corrected chi connectivity index (χ0v) is 13.3. The number of carboxylic acid groups (broad SMARTS) is 1. The van der Waals surface area contributed by atoms with Crippen LogP contribution in [-0.4, -0.2) is 32.0 Å². The number of hydrogen-bond donors (Lipinski definition) is 2. The van der Waals surface area contributed by atoms with Crippen molar-refractivity contribution in [1.82, 2.24) is 20.3 Å². The lowest BCUT2D eigenvalue weighted by Gasteiger charge is -2.05. The lowest BCUT2D eigenvalue weighted by Crippen LogP contribution is -2.23. The second-order valence-electron chi connectivity index (χ2n) is 4.67. The highest BCUT2D eigenvalue weighted by atomic mass is 79.9. The number of hydrogen-bond acceptors (Lipinski definition) is 4. The van der Waals surface area contributed by atoms with Gasteiger partial charge in [-0.15, -0.1) is 5.10 Å². The van der Waals surface area contributed by atoms with Gasteiger partial charge in [-0.2, -0.15) is 0 Å². The first-order chi connectivity index (χ1) is 10.5. The van der Waals surface area contributed by atoms with Gasteiger partial charge >= 0.3 is 5.97 Å². The number of nitrogens with zero attached hydrogens (tertiary/aromatic N) is 3. The first-order valence-electron chi connectivity index (χ1n) is 6.65. The van der Waals surface area contributed by atoms with Crippen molar-refractivity contribution in [2.24, 2.45) is 0 Å². The molecule has 0 saturated carbocycles. The van der Waals surface area contributed by atoms with E-state index in [1.807, 2.05) is 24.3 Å². The molecule has 1 heterocycles. The molecule has 0 bridgehead atoms. The van der Waals surface area contributed by atoms with Crippen molar-refractivity contribution >= 4 is 27.8 Å². The minimum atomic E-state index is -0.992. The predicted octanol–water partition coefficient (Wildman–Crippen LogP) is 1.37. The van der Waals surface area contributed by atoms with E-state index >= 15 is 0 Å². The number of carbonyl (C=O) groups is 2. The van der Waals surface area contributed by atoms with Crippen LogP contribution < -0.4 is 5.32 Å². The molecule has 8 heteroatoms. The first kappa shape index (κ1) is 16.2. The number of aryl methyl sites for hydroxylation is 1. The number of carboxylic acids is 1. The monoisotopic (exact) mass is 366 g/mol.